The molecule has 0 unspecified atom stereocenters. The summed E-state index contributed by atoms with van der Waals surface area (Å²) in [5.41, 5.74) is 1.09. The fraction of sp³-hybridized carbons (Fsp3) is 0.312. The van der Waals surface area contributed by atoms with Gasteiger partial charge in [0.2, 0.25) is 5.91 Å². The van der Waals surface area contributed by atoms with Gasteiger partial charge in [-0.05, 0) is 43.3 Å². The van der Waals surface area contributed by atoms with Gasteiger partial charge < -0.3 is 14.6 Å². The van der Waals surface area contributed by atoms with Crippen LogP contribution < -0.4 is 10.1 Å². The summed E-state index contributed by atoms with van der Waals surface area (Å²) in [7, 11) is 3.61. The van der Waals surface area contributed by atoms with Crippen molar-refractivity contribution < 1.29 is 9.53 Å². The number of hydrogen-bond donors (Lipinski definition) is 1. The smallest absolute Gasteiger partial charge is 0.233 e. The molecule has 5 heteroatoms. The lowest BCUT2D eigenvalue weighted by Crippen LogP contribution is -2.30. The van der Waals surface area contributed by atoms with Crippen LogP contribution in [0.3, 0.4) is 0 Å². The standard InChI is InChI=1S/C16H20N2O2S/c1-12(21-15-8-6-14(20-3)7-9-15)16(19)17-11-13-5-4-10-18(13)2/h4-10,12H,11H2,1-3H3,(H,17,19)/t12-/m0/s1. The van der Waals surface area contributed by atoms with Crippen LogP contribution in [0.25, 0.3) is 0 Å². The fourth-order valence-electron chi connectivity index (χ4n) is 1.91. The van der Waals surface area contributed by atoms with E-state index in [0.717, 1.165) is 16.3 Å². The SMILES string of the molecule is COc1ccc(S[C@@H](C)C(=O)NCc2cccn2C)cc1. The van der Waals surface area contributed by atoms with Crippen molar-refractivity contribution in [2.75, 3.05) is 7.11 Å². The Balaban J connectivity index is 1.85. The number of nitrogens with zero attached hydrogens (tertiary/aromatic N) is 1. The number of hydrogen-bond acceptors (Lipinski definition) is 3. The van der Waals surface area contributed by atoms with Crippen LogP contribution in [0, 0.1) is 0 Å². The molecule has 0 saturated heterocycles. The van der Waals surface area contributed by atoms with E-state index >= 15 is 0 Å². The van der Waals surface area contributed by atoms with Crippen LogP contribution in [-0.4, -0.2) is 22.8 Å². The van der Waals surface area contributed by atoms with Crippen LogP contribution in [0.1, 0.15) is 12.6 Å². The minimum atomic E-state index is -0.140. The third-order valence-electron chi connectivity index (χ3n) is 3.24. The Bertz CT molecular complexity index is 593. The fourth-order valence-corrected chi connectivity index (χ4v) is 2.81. The van der Waals surface area contributed by atoms with Gasteiger partial charge in [-0.1, -0.05) is 0 Å². The van der Waals surface area contributed by atoms with Crippen molar-refractivity contribution in [3.8, 4) is 5.75 Å². The van der Waals surface area contributed by atoms with E-state index in [-0.39, 0.29) is 11.2 Å². The van der Waals surface area contributed by atoms with Crippen LogP contribution in [0.4, 0.5) is 0 Å². The predicted molar refractivity (Wildman–Crippen MR) is 85.6 cm³/mol. The van der Waals surface area contributed by atoms with Crippen molar-refractivity contribution in [1.29, 1.82) is 0 Å². The van der Waals surface area contributed by atoms with Crippen LogP contribution in [0.5, 0.6) is 5.75 Å². The Labute approximate surface area is 129 Å². The molecule has 0 aliphatic rings. The number of nitrogens with one attached hydrogen (secondary N) is 1. The minimum Gasteiger partial charge on any atom is -0.497 e. The van der Waals surface area contributed by atoms with E-state index in [1.807, 2.05) is 61.1 Å². The second-order valence-electron chi connectivity index (χ2n) is 4.76. The van der Waals surface area contributed by atoms with Gasteiger partial charge in [-0.25, -0.2) is 0 Å². The molecular weight excluding hydrogens is 284 g/mol. The molecule has 4 nitrogen and oxygen atoms in total. The van der Waals surface area contributed by atoms with E-state index in [1.165, 1.54) is 11.8 Å². The maximum atomic E-state index is 12.1. The van der Waals surface area contributed by atoms with Crippen LogP contribution in [0.2, 0.25) is 0 Å². The molecular formula is C16H20N2O2S. The number of carbonyl (C=O) groups is 1. The summed E-state index contributed by atoms with van der Waals surface area (Å²) in [6, 6.07) is 11.7. The number of thioether (sulfide) groups is 1. The summed E-state index contributed by atoms with van der Waals surface area (Å²) in [6.07, 6.45) is 1.97. The van der Waals surface area contributed by atoms with Crippen LogP contribution >= 0.6 is 11.8 Å². The Hall–Kier alpha value is -1.88. The summed E-state index contributed by atoms with van der Waals surface area (Å²) >= 11 is 1.54. The van der Waals surface area contributed by atoms with Crippen LogP contribution in [0.15, 0.2) is 47.5 Å². The molecule has 2 aromatic rings. The maximum Gasteiger partial charge on any atom is 0.233 e. The number of rotatable bonds is 6. The quantitative estimate of drug-likeness (QED) is 0.835. The van der Waals surface area contributed by atoms with Crippen molar-refractivity contribution in [2.24, 2.45) is 7.05 Å². The first kappa shape index (κ1) is 15.5. The molecule has 0 spiro atoms. The highest BCUT2D eigenvalue weighted by Gasteiger charge is 2.14. The van der Waals surface area contributed by atoms with Crippen molar-refractivity contribution in [1.82, 2.24) is 9.88 Å². The first-order valence-corrected chi connectivity index (χ1v) is 7.66. The number of methoxy groups -OCH3 is 1. The summed E-state index contributed by atoms with van der Waals surface area (Å²) in [6.45, 7) is 2.46. The predicted octanol–water partition coefficient (Wildman–Crippen LogP) is 2.83. The molecule has 1 aromatic heterocycles. The van der Waals surface area contributed by atoms with E-state index < -0.39 is 0 Å². The molecule has 21 heavy (non-hydrogen) atoms. The third-order valence-corrected chi connectivity index (χ3v) is 4.35. The molecule has 1 N–H and O–H groups in total. The van der Waals surface area contributed by atoms with Crippen molar-refractivity contribution in [2.45, 2.75) is 23.6 Å². The first-order valence-electron chi connectivity index (χ1n) is 6.79. The molecule has 1 heterocycles. The van der Waals surface area contributed by atoms with Gasteiger partial charge in [0, 0.05) is 23.8 Å². The number of benzene rings is 1. The number of aromatic nitrogens is 1. The second-order valence-corrected chi connectivity index (χ2v) is 6.18. The van der Waals surface area contributed by atoms with Gasteiger partial charge in [-0.3, -0.25) is 4.79 Å². The second kappa shape index (κ2) is 7.22. The molecule has 0 radical (unpaired) electrons. The largest absolute Gasteiger partial charge is 0.497 e. The highest BCUT2D eigenvalue weighted by atomic mass is 32.2. The van der Waals surface area contributed by atoms with Gasteiger partial charge in [-0.2, -0.15) is 0 Å². The molecule has 0 bridgehead atoms. The van der Waals surface area contributed by atoms with Gasteiger partial charge in [0.05, 0.1) is 18.9 Å². The summed E-state index contributed by atoms with van der Waals surface area (Å²) < 4.78 is 7.12. The van der Waals surface area contributed by atoms with Gasteiger partial charge >= 0.3 is 0 Å². The van der Waals surface area contributed by atoms with Crippen molar-refractivity contribution in [3.05, 3.63) is 48.3 Å². The Morgan fingerprint density at radius 1 is 1.33 bits per heavy atom. The van der Waals surface area contributed by atoms with Crippen LogP contribution in [-0.2, 0) is 18.4 Å². The summed E-state index contributed by atoms with van der Waals surface area (Å²) in [5, 5.41) is 2.82. The molecule has 1 aromatic carbocycles. The van der Waals surface area contributed by atoms with Crippen molar-refractivity contribution >= 4 is 17.7 Å². The van der Waals surface area contributed by atoms with Gasteiger partial charge in [-0.15, -0.1) is 11.8 Å². The average molecular weight is 304 g/mol. The van der Waals surface area contributed by atoms with E-state index in [0.29, 0.717) is 6.54 Å². The molecule has 0 fully saturated rings. The lowest BCUT2D eigenvalue weighted by Gasteiger charge is -2.12. The van der Waals surface area contributed by atoms with Gasteiger partial charge in [0.1, 0.15) is 5.75 Å². The maximum absolute atomic E-state index is 12.1. The Kier molecular flexibility index (Phi) is 5.33. The monoisotopic (exact) mass is 304 g/mol. The number of aryl methyl sites for hydroxylation is 1. The Morgan fingerprint density at radius 3 is 2.62 bits per heavy atom. The number of ether oxygens (including phenoxy) is 1. The highest BCUT2D eigenvalue weighted by molar-refractivity contribution is 8.00. The van der Waals surface area contributed by atoms with E-state index in [1.54, 1.807) is 7.11 Å². The zero-order valence-corrected chi connectivity index (χ0v) is 13.3. The topological polar surface area (TPSA) is 43.3 Å². The van der Waals surface area contributed by atoms with Gasteiger partial charge in [0.15, 0.2) is 0 Å². The molecule has 0 aliphatic carbocycles. The summed E-state index contributed by atoms with van der Waals surface area (Å²) in [4.78, 5) is 13.2. The first-order chi connectivity index (χ1) is 10.1. The zero-order valence-electron chi connectivity index (χ0n) is 12.5. The molecule has 112 valence electrons. The summed E-state index contributed by atoms with van der Waals surface area (Å²) in [5.74, 6) is 0.859. The number of amides is 1. The molecule has 0 aliphatic heterocycles. The molecule has 1 atom stereocenters. The van der Waals surface area contributed by atoms with E-state index in [9.17, 15) is 4.79 Å². The lowest BCUT2D eigenvalue weighted by atomic mass is 10.3. The third kappa shape index (κ3) is 4.29. The lowest BCUT2D eigenvalue weighted by molar-refractivity contribution is -0.120. The number of carbonyl (C=O) groups excluding carboxylic acids is 1. The molecule has 2 rings (SSSR count). The van der Waals surface area contributed by atoms with Gasteiger partial charge in [0.25, 0.3) is 0 Å². The van der Waals surface area contributed by atoms with E-state index in [2.05, 4.69) is 5.32 Å². The van der Waals surface area contributed by atoms with E-state index in [4.69, 9.17) is 4.74 Å². The average Bonchev–Trinajstić information content (AvgIpc) is 2.90. The minimum absolute atomic E-state index is 0.0389. The van der Waals surface area contributed by atoms with Crippen molar-refractivity contribution in [3.63, 3.8) is 0 Å². The highest BCUT2D eigenvalue weighted by Crippen LogP contribution is 2.25. The molecule has 1 amide bonds. The zero-order chi connectivity index (χ0) is 15.2. The molecule has 0 saturated carbocycles. The normalized spacial score (nSPS) is 12.0. The Morgan fingerprint density at radius 2 is 2.05 bits per heavy atom.